The number of guanidine groups is 1. The van der Waals surface area contributed by atoms with Gasteiger partial charge in [-0.15, -0.1) is 0 Å². The van der Waals surface area contributed by atoms with Gasteiger partial charge in [0.15, 0.2) is 5.96 Å². The molecule has 2 rings (SSSR count). The highest BCUT2D eigenvalue weighted by atomic mass is 32.2. The monoisotopic (exact) mass is 358 g/mol. The van der Waals surface area contributed by atoms with Gasteiger partial charge < -0.3 is 25.0 Å². The van der Waals surface area contributed by atoms with Crippen molar-refractivity contribution < 1.29 is 14.3 Å². The fourth-order valence-corrected chi connectivity index (χ4v) is 3.96. The fourth-order valence-electron chi connectivity index (χ4n) is 3.16. The predicted molar refractivity (Wildman–Crippen MR) is 97.8 cm³/mol. The van der Waals surface area contributed by atoms with Gasteiger partial charge in [-0.05, 0) is 31.9 Å². The van der Waals surface area contributed by atoms with E-state index in [1.54, 1.807) is 11.9 Å². The molecule has 0 aromatic rings. The van der Waals surface area contributed by atoms with Crippen LogP contribution in [-0.4, -0.2) is 81.0 Å². The minimum Gasteiger partial charge on any atom is -0.453 e. The Kier molecular flexibility index (Phi) is 7.48. The number of nitrogens with one attached hydrogen (secondary N) is 2. The Morgan fingerprint density at radius 3 is 2.58 bits per heavy atom. The number of rotatable bonds is 4. The number of methoxy groups -OCH3 is 1. The van der Waals surface area contributed by atoms with Crippen LogP contribution >= 0.6 is 11.8 Å². The van der Waals surface area contributed by atoms with E-state index in [-0.39, 0.29) is 10.8 Å². The molecule has 2 fully saturated rings. The Morgan fingerprint density at radius 1 is 1.38 bits per heavy atom. The van der Waals surface area contributed by atoms with E-state index >= 15 is 0 Å². The second-order valence-electron chi connectivity index (χ2n) is 6.30. The van der Waals surface area contributed by atoms with Crippen molar-refractivity contribution in [1.29, 1.82) is 0 Å². The average Bonchev–Trinajstić information content (AvgIpc) is 2.65. The zero-order chi connectivity index (χ0) is 17.4. The number of hydrogen-bond acceptors (Lipinski definition) is 5. The molecule has 0 saturated carbocycles. The van der Waals surface area contributed by atoms with Gasteiger partial charge in [-0.25, -0.2) is 4.79 Å². The van der Waals surface area contributed by atoms with Gasteiger partial charge >= 0.3 is 6.09 Å². The lowest BCUT2D eigenvalue weighted by Gasteiger charge is -2.37. The van der Waals surface area contributed by atoms with Crippen LogP contribution in [0.4, 0.5) is 4.79 Å². The highest BCUT2D eigenvalue weighted by Crippen LogP contribution is 2.32. The fraction of sp³-hybridized carbons (Fsp3) is 0.875. The van der Waals surface area contributed by atoms with Crippen molar-refractivity contribution in [2.24, 2.45) is 4.99 Å². The lowest BCUT2D eigenvalue weighted by molar-refractivity contribution is 0.0782. The van der Waals surface area contributed by atoms with Crippen molar-refractivity contribution in [1.82, 2.24) is 15.5 Å². The van der Waals surface area contributed by atoms with E-state index in [1.807, 2.05) is 11.8 Å². The van der Waals surface area contributed by atoms with Crippen molar-refractivity contribution in [3.05, 3.63) is 0 Å². The van der Waals surface area contributed by atoms with E-state index < -0.39 is 0 Å². The molecule has 0 spiro atoms. The number of ether oxygens (including phenoxy) is 2. The van der Waals surface area contributed by atoms with Crippen molar-refractivity contribution >= 4 is 23.8 Å². The van der Waals surface area contributed by atoms with Crippen LogP contribution in [0.2, 0.25) is 0 Å². The Bertz CT molecular complexity index is 433. The first-order chi connectivity index (χ1) is 11.6. The van der Waals surface area contributed by atoms with Gasteiger partial charge in [0.2, 0.25) is 0 Å². The SMILES string of the molecule is CN=C(NCC1(SC)CCOCC1)NC1CCN(C(=O)OC)CC1. The van der Waals surface area contributed by atoms with Crippen molar-refractivity contribution in [3.63, 3.8) is 0 Å². The normalized spacial score (nSPS) is 22.1. The molecule has 0 bridgehead atoms. The van der Waals surface area contributed by atoms with Crippen LogP contribution in [0, 0.1) is 0 Å². The summed E-state index contributed by atoms with van der Waals surface area (Å²) in [4.78, 5) is 17.6. The number of aliphatic imine (C=N–C) groups is 1. The van der Waals surface area contributed by atoms with Crippen LogP contribution in [-0.2, 0) is 9.47 Å². The highest BCUT2D eigenvalue weighted by Gasteiger charge is 2.32. The third-order valence-corrected chi connectivity index (χ3v) is 6.33. The number of thioether (sulfide) groups is 1. The van der Waals surface area contributed by atoms with Crippen molar-refractivity contribution in [2.45, 2.75) is 36.5 Å². The molecule has 2 saturated heterocycles. The van der Waals surface area contributed by atoms with Gasteiger partial charge in [-0.2, -0.15) is 11.8 Å². The number of nitrogens with zero attached hydrogens (tertiary/aromatic N) is 2. The number of likely N-dealkylation sites (tertiary alicyclic amines) is 1. The summed E-state index contributed by atoms with van der Waals surface area (Å²) in [5.74, 6) is 0.839. The second kappa shape index (κ2) is 9.36. The summed E-state index contributed by atoms with van der Waals surface area (Å²) in [6.07, 6.45) is 5.86. The first kappa shape index (κ1) is 19.2. The van der Waals surface area contributed by atoms with Gasteiger partial charge in [0.05, 0.1) is 7.11 Å². The number of piperidine rings is 1. The maximum absolute atomic E-state index is 11.5. The molecule has 8 heteroatoms. The van der Waals surface area contributed by atoms with Gasteiger partial charge in [-0.1, -0.05) is 0 Å². The molecular weight excluding hydrogens is 328 g/mol. The Hall–Kier alpha value is -1.15. The van der Waals surface area contributed by atoms with E-state index in [0.29, 0.717) is 19.1 Å². The third-order valence-electron chi connectivity index (χ3n) is 4.91. The van der Waals surface area contributed by atoms with Gasteiger partial charge in [0.1, 0.15) is 0 Å². The molecule has 24 heavy (non-hydrogen) atoms. The van der Waals surface area contributed by atoms with E-state index in [2.05, 4.69) is 21.9 Å². The molecule has 7 nitrogen and oxygen atoms in total. The predicted octanol–water partition coefficient (Wildman–Crippen LogP) is 1.29. The topological polar surface area (TPSA) is 75.2 Å². The highest BCUT2D eigenvalue weighted by molar-refractivity contribution is 8.00. The summed E-state index contributed by atoms with van der Waals surface area (Å²) < 4.78 is 10.5. The van der Waals surface area contributed by atoms with Gasteiger partial charge in [0.25, 0.3) is 0 Å². The van der Waals surface area contributed by atoms with Crippen LogP contribution in [0.15, 0.2) is 4.99 Å². The van der Waals surface area contributed by atoms with Crippen molar-refractivity contribution in [2.75, 3.05) is 53.3 Å². The van der Waals surface area contributed by atoms with Gasteiger partial charge in [-0.3, -0.25) is 4.99 Å². The van der Waals surface area contributed by atoms with Gasteiger partial charge in [0, 0.05) is 50.7 Å². The zero-order valence-electron chi connectivity index (χ0n) is 15.0. The first-order valence-electron chi connectivity index (χ1n) is 8.55. The molecule has 0 unspecified atom stereocenters. The van der Waals surface area contributed by atoms with Crippen LogP contribution in [0.1, 0.15) is 25.7 Å². The summed E-state index contributed by atoms with van der Waals surface area (Å²) >= 11 is 1.91. The molecule has 2 N–H and O–H groups in total. The number of carbonyl (C=O) groups excluding carboxylic acids is 1. The lowest BCUT2D eigenvalue weighted by atomic mass is 9.99. The lowest BCUT2D eigenvalue weighted by Crippen LogP contribution is -2.52. The number of hydrogen-bond donors (Lipinski definition) is 2. The number of carbonyl (C=O) groups is 1. The Morgan fingerprint density at radius 2 is 2.04 bits per heavy atom. The molecular formula is C16H30N4O3S. The molecule has 1 amide bonds. The quantitative estimate of drug-likeness (QED) is 0.583. The summed E-state index contributed by atoms with van der Waals surface area (Å²) in [5, 5.41) is 6.96. The van der Waals surface area contributed by atoms with Crippen LogP contribution in [0.3, 0.4) is 0 Å². The molecule has 0 atom stereocenters. The molecule has 2 aliphatic rings. The van der Waals surface area contributed by atoms with E-state index in [1.165, 1.54) is 7.11 Å². The minimum atomic E-state index is -0.239. The minimum absolute atomic E-state index is 0.226. The van der Waals surface area contributed by atoms with Crippen LogP contribution in [0.25, 0.3) is 0 Å². The second-order valence-corrected chi connectivity index (χ2v) is 7.58. The number of amides is 1. The average molecular weight is 359 g/mol. The van der Waals surface area contributed by atoms with Crippen LogP contribution < -0.4 is 10.6 Å². The van der Waals surface area contributed by atoms with E-state index in [9.17, 15) is 4.79 Å². The maximum Gasteiger partial charge on any atom is 0.409 e. The molecule has 0 aromatic heterocycles. The summed E-state index contributed by atoms with van der Waals surface area (Å²) in [5.41, 5.74) is 0. The third kappa shape index (κ3) is 5.17. The Balaban J connectivity index is 1.77. The molecule has 138 valence electrons. The standard InChI is InChI=1S/C16H30N4O3S/c1-17-14(18-12-16(24-3)6-10-23-11-7-16)19-13-4-8-20(9-5-13)15(21)22-2/h13H,4-12H2,1-3H3,(H2,17,18,19). The van der Waals surface area contributed by atoms with Crippen LogP contribution in [0.5, 0.6) is 0 Å². The zero-order valence-corrected chi connectivity index (χ0v) is 15.8. The molecule has 2 heterocycles. The van der Waals surface area contributed by atoms with E-state index in [4.69, 9.17) is 9.47 Å². The molecule has 0 aliphatic carbocycles. The van der Waals surface area contributed by atoms with Crippen molar-refractivity contribution in [3.8, 4) is 0 Å². The summed E-state index contributed by atoms with van der Waals surface area (Å²) in [7, 11) is 3.23. The first-order valence-corrected chi connectivity index (χ1v) is 9.78. The molecule has 2 aliphatic heterocycles. The largest absolute Gasteiger partial charge is 0.453 e. The maximum atomic E-state index is 11.5. The smallest absolute Gasteiger partial charge is 0.409 e. The van der Waals surface area contributed by atoms with E-state index in [0.717, 1.165) is 51.4 Å². The molecule has 0 aromatic carbocycles. The Labute approximate surface area is 148 Å². The summed E-state index contributed by atoms with van der Waals surface area (Å²) in [6.45, 7) is 3.99. The molecule has 0 radical (unpaired) electrons. The summed E-state index contributed by atoms with van der Waals surface area (Å²) in [6, 6.07) is 0.331.